The molecule has 16 heavy (non-hydrogen) atoms. The van der Waals surface area contributed by atoms with Crippen molar-refractivity contribution < 1.29 is 4.39 Å². The van der Waals surface area contributed by atoms with Crippen LogP contribution in [-0.2, 0) is 0 Å². The van der Waals surface area contributed by atoms with Crippen molar-refractivity contribution in [2.45, 2.75) is 33.7 Å². The highest BCUT2D eigenvalue weighted by molar-refractivity contribution is 9.10. The minimum Gasteiger partial charge on any atom is -0.310 e. The Morgan fingerprint density at radius 2 is 2.00 bits per heavy atom. The molecule has 1 unspecified atom stereocenters. The fourth-order valence-corrected chi connectivity index (χ4v) is 2.30. The molecule has 0 radical (unpaired) electrons. The third-order valence-corrected chi connectivity index (χ3v) is 3.27. The van der Waals surface area contributed by atoms with E-state index in [1.165, 1.54) is 6.07 Å². The number of nitrogens with one attached hydrogen (secondary N) is 1. The van der Waals surface area contributed by atoms with E-state index in [9.17, 15) is 4.39 Å². The van der Waals surface area contributed by atoms with Gasteiger partial charge in [0.15, 0.2) is 0 Å². The second kappa shape index (κ2) is 5.28. The van der Waals surface area contributed by atoms with E-state index >= 15 is 0 Å². The van der Waals surface area contributed by atoms with Crippen molar-refractivity contribution >= 4 is 15.9 Å². The molecule has 0 spiro atoms. The Morgan fingerprint density at radius 3 is 2.50 bits per heavy atom. The van der Waals surface area contributed by atoms with Gasteiger partial charge < -0.3 is 5.32 Å². The predicted molar refractivity (Wildman–Crippen MR) is 70.0 cm³/mol. The Balaban J connectivity index is 3.15. The molecule has 1 aromatic carbocycles. The van der Waals surface area contributed by atoms with Gasteiger partial charge in [0, 0.05) is 10.5 Å². The molecule has 90 valence electrons. The van der Waals surface area contributed by atoms with Crippen LogP contribution in [0.3, 0.4) is 0 Å². The van der Waals surface area contributed by atoms with Gasteiger partial charge in [-0.3, -0.25) is 0 Å². The summed E-state index contributed by atoms with van der Waals surface area (Å²) in [6.45, 7) is 9.38. The monoisotopic (exact) mass is 287 g/mol. The number of benzene rings is 1. The van der Waals surface area contributed by atoms with E-state index in [-0.39, 0.29) is 17.3 Å². The van der Waals surface area contributed by atoms with Crippen LogP contribution in [0.25, 0.3) is 0 Å². The lowest BCUT2D eigenvalue weighted by molar-refractivity contribution is 0.275. The van der Waals surface area contributed by atoms with Crippen LogP contribution >= 0.6 is 15.9 Å². The molecule has 0 aliphatic heterocycles. The molecule has 0 saturated heterocycles. The first kappa shape index (κ1) is 13.7. The molecule has 0 bridgehead atoms. The summed E-state index contributed by atoms with van der Waals surface area (Å²) in [7, 11) is 0. The van der Waals surface area contributed by atoms with Crippen molar-refractivity contribution in [2.75, 3.05) is 6.54 Å². The van der Waals surface area contributed by atoms with Gasteiger partial charge in [0.2, 0.25) is 0 Å². The summed E-state index contributed by atoms with van der Waals surface area (Å²) in [6, 6.07) is 4.98. The zero-order chi connectivity index (χ0) is 12.3. The quantitative estimate of drug-likeness (QED) is 0.875. The van der Waals surface area contributed by atoms with E-state index in [1.807, 2.05) is 0 Å². The molecule has 1 atom stereocenters. The number of halogens is 2. The van der Waals surface area contributed by atoms with Crippen LogP contribution < -0.4 is 5.32 Å². The third-order valence-electron chi connectivity index (χ3n) is 2.54. The average molecular weight is 288 g/mol. The molecule has 3 heteroatoms. The van der Waals surface area contributed by atoms with Crippen LogP contribution in [0.1, 0.15) is 39.3 Å². The number of hydrogen-bond acceptors (Lipinski definition) is 1. The molecule has 1 N–H and O–H groups in total. The van der Waals surface area contributed by atoms with Crippen molar-refractivity contribution in [2.24, 2.45) is 5.41 Å². The molecule has 0 fully saturated rings. The SMILES string of the molecule is CCNC(c1cc(F)ccc1Br)C(C)(C)C. The highest BCUT2D eigenvalue weighted by Gasteiger charge is 2.27. The maximum Gasteiger partial charge on any atom is 0.123 e. The van der Waals surface area contributed by atoms with Gasteiger partial charge in [0.1, 0.15) is 5.82 Å². The fourth-order valence-electron chi connectivity index (χ4n) is 1.82. The van der Waals surface area contributed by atoms with Gasteiger partial charge in [-0.25, -0.2) is 4.39 Å². The van der Waals surface area contributed by atoms with Crippen LogP contribution in [0.4, 0.5) is 4.39 Å². The minimum absolute atomic E-state index is 0.0479. The maximum absolute atomic E-state index is 13.3. The lowest BCUT2D eigenvalue weighted by Gasteiger charge is -2.32. The van der Waals surface area contributed by atoms with Crippen molar-refractivity contribution in [1.29, 1.82) is 0 Å². The molecular weight excluding hydrogens is 269 g/mol. The highest BCUT2D eigenvalue weighted by atomic mass is 79.9. The average Bonchev–Trinajstić information content (AvgIpc) is 2.17. The summed E-state index contributed by atoms with van der Waals surface area (Å²) >= 11 is 3.49. The van der Waals surface area contributed by atoms with Crippen LogP contribution in [0.5, 0.6) is 0 Å². The molecule has 1 rings (SSSR count). The van der Waals surface area contributed by atoms with E-state index in [0.29, 0.717) is 0 Å². The fraction of sp³-hybridized carbons (Fsp3) is 0.538. The van der Waals surface area contributed by atoms with Crippen molar-refractivity contribution in [3.63, 3.8) is 0 Å². The van der Waals surface area contributed by atoms with E-state index < -0.39 is 0 Å². The maximum atomic E-state index is 13.3. The van der Waals surface area contributed by atoms with Gasteiger partial charge in [-0.1, -0.05) is 43.6 Å². The zero-order valence-electron chi connectivity index (χ0n) is 10.3. The van der Waals surface area contributed by atoms with Gasteiger partial charge in [0.25, 0.3) is 0 Å². The molecule has 0 aromatic heterocycles. The Bertz CT molecular complexity index is 357. The number of hydrogen-bond donors (Lipinski definition) is 1. The first-order chi connectivity index (χ1) is 7.36. The minimum atomic E-state index is -0.189. The molecular formula is C13H19BrFN. The van der Waals surface area contributed by atoms with Crippen molar-refractivity contribution in [3.8, 4) is 0 Å². The van der Waals surface area contributed by atoms with Crippen molar-refractivity contribution in [3.05, 3.63) is 34.1 Å². The van der Waals surface area contributed by atoms with Crippen molar-refractivity contribution in [1.82, 2.24) is 5.32 Å². The summed E-state index contributed by atoms with van der Waals surface area (Å²) in [6.07, 6.45) is 0. The lowest BCUT2D eigenvalue weighted by Crippen LogP contribution is -2.32. The van der Waals surface area contributed by atoms with Gasteiger partial charge in [-0.2, -0.15) is 0 Å². The topological polar surface area (TPSA) is 12.0 Å². The second-order valence-electron chi connectivity index (χ2n) is 5.02. The Labute approximate surface area is 106 Å². The molecule has 0 heterocycles. The Morgan fingerprint density at radius 1 is 1.38 bits per heavy atom. The Hall–Kier alpha value is -0.410. The molecule has 0 saturated carbocycles. The Kier molecular flexibility index (Phi) is 4.51. The van der Waals surface area contributed by atoms with Gasteiger partial charge in [0.05, 0.1) is 0 Å². The largest absolute Gasteiger partial charge is 0.310 e. The number of rotatable bonds is 3. The molecule has 0 amide bonds. The lowest BCUT2D eigenvalue weighted by atomic mass is 9.82. The van der Waals surface area contributed by atoms with E-state index in [2.05, 4.69) is 48.9 Å². The second-order valence-corrected chi connectivity index (χ2v) is 5.88. The van der Waals surface area contributed by atoms with E-state index in [1.54, 1.807) is 12.1 Å². The van der Waals surface area contributed by atoms with Crippen LogP contribution in [0.2, 0.25) is 0 Å². The van der Waals surface area contributed by atoms with E-state index in [4.69, 9.17) is 0 Å². The summed E-state index contributed by atoms with van der Waals surface area (Å²) < 4.78 is 14.2. The summed E-state index contributed by atoms with van der Waals surface area (Å²) in [5, 5.41) is 3.41. The first-order valence-corrected chi connectivity index (χ1v) is 6.34. The third kappa shape index (κ3) is 3.29. The molecule has 0 aliphatic rings. The first-order valence-electron chi connectivity index (χ1n) is 5.54. The normalized spacial score (nSPS) is 13.9. The standard InChI is InChI=1S/C13H19BrFN/c1-5-16-12(13(2,3)4)10-8-9(15)6-7-11(10)14/h6-8,12,16H,5H2,1-4H3. The molecule has 0 aliphatic carbocycles. The van der Waals surface area contributed by atoms with Gasteiger partial charge in [-0.05, 0) is 35.7 Å². The summed E-state index contributed by atoms with van der Waals surface area (Å²) in [5.41, 5.74) is 1.03. The van der Waals surface area contributed by atoms with Crippen LogP contribution in [0, 0.1) is 11.2 Å². The van der Waals surface area contributed by atoms with Gasteiger partial charge >= 0.3 is 0 Å². The summed E-state index contributed by atoms with van der Waals surface area (Å²) in [5.74, 6) is -0.189. The van der Waals surface area contributed by atoms with Crippen LogP contribution in [-0.4, -0.2) is 6.54 Å². The smallest absolute Gasteiger partial charge is 0.123 e. The zero-order valence-corrected chi connectivity index (χ0v) is 11.9. The highest BCUT2D eigenvalue weighted by Crippen LogP contribution is 2.36. The summed E-state index contributed by atoms with van der Waals surface area (Å²) in [4.78, 5) is 0. The van der Waals surface area contributed by atoms with E-state index in [0.717, 1.165) is 16.6 Å². The predicted octanol–water partition coefficient (Wildman–Crippen LogP) is 4.28. The molecule has 1 nitrogen and oxygen atoms in total. The van der Waals surface area contributed by atoms with Crippen LogP contribution in [0.15, 0.2) is 22.7 Å². The molecule has 1 aromatic rings. The van der Waals surface area contributed by atoms with Gasteiger partial charge in [-0.15, -0.1) is 0 Å².